The molecular weight excluding hydrogens is 406 g/mol. The van der Waals surface area contributed by atoms with Crippen LogP contribution < -0.4 is 30.2 Å². The maximum Gasteiger partial charge on any atom is 0.227 e. The third kappa shape index (κ3) is 4.10. The lowest BCUT2D eigenvalue weighted by Gasteiger charge is -2.41. The first kappa shape index (κ1) is 22.0. The monoisotopic (exact) mass is 437 g/mol. The van der Waals surface area contributed by atoms with Crippen molar-refractivity contribution in [3.8, 4) is 17.2 Å². The van der Waals surface area contributed by atoms with Gasteiger partial charge in [0.25, 0.3) is 0 Å². The molecule has 3 aromatic rings. The van der Waals surface area contributed by atoms with Crippen molar-refractivity contribution < 1.29 is 14.2 Å². The quantitative estimate of drug-likeness (QED) is 0.583. The second kappa shape index (κ2) is 9.08. The summed E-state index contributed by atoms with van der Waals surface area (Å²) in [6, 6.07) is 12.1. The number of nitrogens with one attached hydrogen (secondary N) is 1. The zero-order chi connectivity index (χ0) is 22.7. The van der Waals surface area contributed by atoms with Crippen LogP contribution in [0.25, 0.3) is 10.9 Å². The summed E-state index contributed by atoms with van der Waals surface area (Å²) in [7, 11) is 6.92. The molecule has 8 heteroatoms. The van der Waals surface area contributed by atoms with Gasteiger partial charge in [-0.25, -0.2) is 4.98 Å². The minimum Gasteiger partial charge on any atom is -0.497 e. The predicted octanol–water partition coefficient (Wildman–Crippen LogP) is 3.00. The predicted molar refractivity (Wildman–Crippen MR) is 127 cm³/mol. The third-order valence-corrected chi connectivity index (χ3v) is 6.36. The van der Waals surface area contributed by atoms with Gasteiger partial charge in [-0.1, -0.05) is 12.1 Å². The first-order chi connectivity index (χ1) is 15.5. The normalized spacial score (nSPS) is 15.4. The van der Waals surface area contributed by atoms with E-state index in [0.717, 1.165) is 49.1 Å². The fourth-order valence-electron chi connectivity index (χ4n) is 4.55. The van der Waals surface area contributed by atoms with Crippen molar-refractivity contribution in [1.29, 1.82) is 0 Å². The van der Waals surface area contributed by atoms with Crippen LogP contribution in [0.2, 0.25) is 0 Å². The molecule has 0 spiro atoms. The van der Waals surface area contributed by atoms with Crippen LogP contribution in [0, 0.1) is 0 Å². The number of benzene rings is 2. The Balaban J connectivity index is 1.69. The fraction of sp³-hybridized carbons (Fsp3) is 0.417. The van der Waals surface area contributed by atoms with Gasteiger partial charge < -0.3 is 30.2 Å². The number of rotatable bonds is 7. The smallest absolute Gasteiger partial charge is 0.227 e. The number of nitrogens with zero attached hydrogens (tertiary/aromatic N) is 3. The van der Waals surface area contributed by atoms with Crippen LogP contribution in [0.5, 0.6) is 17.2 Å². The molecule has 1 aliphatic heterocycles. The van der Waals surface area contributed by atoms with Gasteiger partial charge in [0, 0.05) is 30.5 Å². The zero-order valence-electron chi connectivity index (χ0n) is 19.1. The summed E-state index contributed by atoms with van der Waals surface area (Å²) < 4.78 is 16.2. The van der Waals surface area contributed by atoms with Gasteiger partial charge in [-0.05, 0) is 49.7 Å². The van der Waals surface area contributed by atoms with Crippen molar-refractivity contribution in [3.63, 3.8) is 0 Å². The average molecular weight is 438 g/mol. The van der Waals surface area contributed by atoms with Crippen molar-refractivity contribution in [2.24, 2.45) is 0 Å². The third-order valence-electron chi connectivity index (χ3n) is 6.36. The van der Waals surface area contributed by atoms with Gasteiger partial charge in [-0.15, -0.1) is 0 Å². The molecule has 0 unspecified atom stereocenters. The number of hydrogen-bond acceptors (Lipinski definition) is 8. The first-order valence-corrected chi connectivity index (χ1v) is 10.8. The molecule has 0 saturated carbocycles. The molecule has 2 aromatic carbocycles. The molecule has 3 N–H and O–H groups in total. The molecule has 1 saturated heterocycles. The lowest BCUT2D eigenvalue weighted by atomic mass is 9.73. The van der Waals surface area contributed by atoms with E-state index in [-0.39, 0.29) is 5.41 Å². The van der Waals surface area contributed by atoms with Crippen molar-refractivity contribution in [3.05, 3.63) is 42.0 Å². The van der Waals surface area contributed by atoms with E-state index in [4.69, 9.17) is 24.9 Å². The summed E-state index contributed by atoms with van der Waals surface area (Å²) in [5, 5.41) is 4.22. The number of anilines is 2. The van der Waals surface area contributed by atoms with Gasteiger partial charge >= 0.3 is 0 Å². The Labute approximate surface area is 188 Å². The zero-order valence-corrected chi connectivity index (χ0v) is 19.1. The first-order valence-electron chi connectivity index (χ1n) is 10.8. The molecule has 0 aliphatic carbocycles. The van der Waals surface area contributed by atoms with Crippen molar-refractivity contribution in [1.82, 2.24) is 15.3 Å². The van der Waals surface area contributed by atoms with Crippen molar-refractivity contribution in [2.45, 2.75) is 18.3 Å². The van der Waals surface area contributed by atoms with E-state index in [1.807, 2.05) is 31.3 Å². The average Bonchev–Trinajstić information content (AvgIpc) is 2.83. The molecule has 0 bridgehead atoms. The highest BCUT2D eigenvalue weighted by molar-refractivity contribution is 5.91. The van der Waals surface area contributed by atoms with E-state index < -0.39 is 0 Å². The number of likely N-dealkylation sites (N-methyl/N-ethyl adjacent to an activating group) is 1. The second-order valence-electron chi connectivity index (χ2n) is 8.25. The summed E-state index contributed by atoms with van der Waals surface area (Å²) in [6.45, 7) is 2.72. The van der Waals surface area contributed by atoms with Gasteiger partial charge in [0.15, 0.2) is 11.5 Å². The van der Waals surface area contributed by atoms with Gasteiger partial charge in [0.05, 0.1) is 26.8 Å². The molecule has 32 heavy (non-hydrogen) atoms. The molecule has 0 atom stereocenters. The van der Waals surface area contributed by atoms with Crippen molar-refractivity contribution in [2.75, 3.05) is 58.6 Å². The van der Waals surface area contributed by atoms with Crippen LogP contribution in [0.4, 0.5) is 11.8 Å². The molecule has 0 radical (unpaired) electrons. The highest BCUT2D eigenvalue weighted by Gasteiger charge is 2.35. The largest absolute Gasteiger partial charge is 0.497 e. The van der Waals surface area contributed by atoms with Crippen LogP contribution in [-0.2, 0) is 5.41 Å². The minimum absolute atomic E-state index is 0.0169. The van der Waals surface area contributed by atoms with E-state index in [0.29, 0.717) is 23.3 Å². The number of nitrogens with two attached hydrogens (primary N) is 1. The van der Waals surface area contributed by atoms with Gasteiger partial charge in [-0.3, -0.25) is 0 Å². The van der Waals surface area contributed by atoms with Crippen molar-refractivity contribution >= 4 is 22.7 Å². The Hall–Kier alpha value is -3.26. The maximum atomic E-state index is 6.32. The summed E-state index contributed by atoms with van der Waals surface area (Å²) in [5.74, 6) is 3.08. The maximum absolute atomic E-state index is 6.32. The van der Waals surface area contributed by atoms with E-state index in [9.17, 15) is 0 Å². The van der Waals surface area contributed by atoms with Crippen LogP contribution in [0.3, 0.4) is 0 Å². The topological polar surface area (TPSA) is 94.8 Å². The van der Waals surface area contributed by atoms with E-state index in [1.54, 1.807) is 21.3 Å². The number of fused-ring (bicyclic) bond motifs is 1. The Kier molecular flexibility index (Phi) is 6.23. The van der Waals surface area contributed by atoms with Crippen LogP contribution in [0.15, 0.2) is 36.4 Å². The molecule has 8 nitrogen and oxygen atoms in total. The Bertz CT molecular complexity index is 1080. The molecule has 4 rings (SSSR count). The number of hydrogen-bond donors (Lipinski definition) is 2. The van der Waals surface area contributed by atoms with Gasteiger partial charge in [0.2, 0.25) is 5.95 Å². The SMILES string of the molecule is COc1ccc(C2(CN(C)c3nc(N)c4cc(OC)c(OC)cc4n3)CCNCC2)cc1. The fourth-order valence-corrected chi connectivity index (χ4v) is 4.55. The molecule has 0 amide bonds. The molecule has 1 aromatic heterocycles. The Morgan fingerprint density at radius 1 is 0.969 bits per heavy atom. The van der Waals surface area contributed by atoms with E-state index >= 15 is 0 Å². The van der Waals surface area contributed by atoms with Gasteiger partial charge in [0.1, 0.15) is 11.6 Å². The second-order valence-corrected chi connectivity index (χ2v) is 8.25. The molecule has 1 fully saturated rings. The van der Waals surface area contributed by atoms with Crippen LogP contribution in [-0.4, -0.2) is 58.0 Å². The van der Waals surface area contributed by atoms with E-state index in [1.165, 1.54) is 5.56 Å². The number of aromatic nitrogens is 2. The summed E-state index contributed by atoms with van der Waals surface area (Å²) in [5.41, 5.74) is 8.33. The number of nitrogen functional groups attached to an aromatic ring is 1. The Morgan fingerprint density at radius 2 is 1.62 bits per heavy atom. The minimum atomic E-state index is -0.0169. The van der Waals surface area contributed by atoms with Gasteiger partial charge in [-0.2, -0.15) is 4.98 Å². The standard InChI is InChI=1S/C24H31N5O3/c1-29(15-24(9-11-26-12-10-24)16-5-7-17(30-2)8-6-16)23-27-19-14-21(32-4)20(31-3)13-18(19)22(25)28-23/h5-8,13-14,26H,9-12,15H2,1-4H3,(H2,25,27,28). The molecular formula is C24H31N5O3. The lowest BCUT2D eigenvalue weighted by molar-refractivity contribution is 0.310. The van der Waals surface area contributed by atoms with Crippen LogP contribution in [0.1, 0.15) is 18.4 Å². The van der Waals surface area contributed by atoms with E-state index in [2.05, 4.69) is 27.3 Å². The van der Waals surface area contributed by atoms with Crippen LogP contribution >= 0.6 is 0 Å². The summed E-state index contributed by atoms with van der Waals surface area (Å²) in [6.07, 6.45) is 2.05. The number of methoxy groups -OCH3 is 3. The molecule has 170 valence electrons. The summed E-state index contributed by atoms with van der Waals surface area (Å²) >= 11 is 0. The molecule has 1 aliphatic rings. The number of piperidine rings is 1. The summed E-state index contributed by atoms with van der Waals surface area (Å²) in [4.78, 5) is 11.5. The highest BCUT2D eigenvalue weighted by Crippen LogP contribution is 2.37. The Morgan fingerprint density at radius 3 is 2.25 bits per heavy atom. The highest BCUT2D eigenvalue weighted by atomic mass is 16.5. The molecule has 2 heterocycles. The lowest BCUT2D eigenvalue weighted by Crippen LogP contribution is -2.47. The number of ether oxygens (including phenoxy) is 3.